The van der Waals surface area contributed by atoms with E-state index in [1.54, 1.807) is 4.68 Å². The second-order valence-electron chi connectivity index (χ2n) is 5.00. The fraction of sp³-hybridized carbons (Fsp3) is 0.533. The van der Waals surface area contributed by atoms with E-state index in [0.717, 1.165) is 24.0 Å². The summed E-state index contributed by atoms with van der Waals surface area (Å²) in [5.74, 6) is 0.423. The largest absolute Gasteiger partial charge is 0.368 e. The van der Waals surface area contributed by atoms with Gasteiger partial charge in [-0.25, -0.2) is 0 Å². The Hall–Kier alpha value is -1.91. The first kappa shape index (κ1) is 14.5. The smallest absolute Gasteiger partial charge is 0.218 e. The molecule has 0 fully saturated rings. The van der Waals surface area contributed by atoms with Crippen molar-refractivity contribution in [3.63, 3.8) is 0 Å². The molecular weight excluding hydrogens is 250 g/mol. The quantitative estimate of drug-likeness (QED) is 0.479. The number of unbranched alkanes of at least 4 members (excludes halogenated alkanes) is 5. The second kappa shape index (κ2) is 7.62. The third-order valence-corrected chi connectivity index (χ3v) is 3.35. The second-order valence-corrected chi connectivity index (χ2v) is 5.00. The maximum atomic E-state index is 5.98. The number of hydrogen-bond acceptors (Lipinski definition) is 3. The molecule has 1 heterocycles. The van der Waals surface area contributed by atoms with Crippen LogP contribution in [0.1, 0.15) is 45.4 Å². The molecule has 5 heteroatoms. The van der Waals surface area contributed by atoms with Crippen LogP contribution in [-0.2, 0) is 0 Å². The van der Waals surface area contributed by atoms with E-state index in [9.17, 15) is 0 Å². The predicted octanol–water partition coefficient (Wildman–Crippen LogP) is 2.95. The number of fused-ring (bicyclic) bond motifs is 1. The van der Waals surface area contributed by atoms with Gasteiger partial charge in [0, 0.05) is 6.54 Å². The zero-order chi connectivity index (χ0) is 14.2. The Bertz CT molecular complexity index is 558. The summed E-state index contributed by atoms with van der Waals surface area (Å²) < 4.78 is 1.60. The average Bonchev–Trinajstić information content (AvgIpc) is 2.90. The molecule has 5 nitrogen and oxygen atoms in total. The summed E-state index contributed by atoms with van der Waals surface area (Å²) in [6.45, 7) is 2.99. The van der Waals surface area contributed by atoms with Crippen molar-refractivity contribution in [1.82, 2.24) is 15.0 Å². The number of aromatic nitrogens is 3. The molecule has 2 N–H and O–H groups in total. The summed E-state index contributed by atoms with van der Waals surface area (Å²) in [5.41, 5.74) is 7.72. The number of para-hydroxylation sites is 1. The molecule has 0 amide bonds. The van der Waals surface area contributed by atoms with Gasteiger partial charge in [0.1, 0.15) is 5.52 Å². The first-order valence-corrected chi connectivity index (χ1v) is 7.43. The summed E-state index contributed by atoms with van der Waals surface area (Å²) in [7, 11) is 0. The zero-order valence-electron chi connectivity index (χ0n) is 12.1. The van der Waals surface area contributed by atoms with E-state index < -0.39 is 0 Å². The van der Waals surface area contributed by atoms with Crippen LogP contribution in [0.2, 0.25) is 0 Å². The number of hydrogen-bond donors (Lipinski definition) is 1. The van der Waals surface area contributed by atoms with Gasteiger partial charge >= 0.3 is 0 Å². The van der Waals surface area contributed by atoms with Crippen molar-refractivity contribution in [3.05, 3.63) is 24.3 Å². The third kappa shape index (κ3) is 3.79. The van der Waals surface area contributed by atoms with Crippen LogP contribution in [0.25, 0.3) is 11.0 Å². The Morgan fingerprint density at radius 2 is 1.90 bits per heavy atom. The predicted molar refractivity (Wildman–Crippen MR) is 82.8 cm³/mol. The summed E-state index contributed by atoms with van der Waals surface area (Å²) in [4.78, 5) is 4.39. The van der Waals surface area contributed by atoms with Crippen molar-refractivity contribution >= 4 is 17.0 Å². The van der Waals surface area contributed by atoms with Gasteiger partial charge in [-0.15, -0.1) is 5.10 Å². The molecule has 0 unspecified atom stereocenters. The van der Waals surface area contributed by atoms with Gasteiger partial charge in [0.25, 0.3) is 0 Å². The molecule has 0 radical (unpaired) electrons. The maximum absolute atomic E-state index is 5.98. The minimum atomic E-state index is 0.423. The van der Waals surface area contributed by atoms with E-state index in [4.69, 9.17) is 5.73 Å². The van der Waals surface area contributed by atoms with Crippen LogP contribution < -0.4 is 5.73 Å². The van der Waals surface area contributed by atoms with Gasteiger partial charge < -0.3 is 5.73 Å². The van der Waals surface area contributed by atoms with Gasteiger partial charge in [0.05, 0.1) is 5.52 Å². The van der Waals surface area contributed by atoms with Crippen molar-refractivity contribution < 1.29 is 0 Å². The molecule has 2 aromatic rings. The van der Waals surface area contributed by atoms with E-state index in [-0.39, 0.29) is 0 Å². The highest BCUT2D eigenvalue weighted by molar-refractivity contribution is 5.89. The van der Waals surface area contributed by atoms with Gasteiger partial charge in [-0.3, -0.25) is 4.99 Å². The van der Waals surface area contributed by atoms with Gasteiger partial charge in [-0.2, -0.15) is 4.68 Å². The summed E-state index contributed by atoms with van der Waals surface area (Å²) >= 11 is 0. The van der Waals surface area contributed by atoms with Crippen molar-refractivity contribution in [3.8, 4) is 0 Å². The maximum Gasteiger partial charge on any atom is 0.218 e. The van der Waals surface area contributed by atoms with Crippen LogP contribution >= 0.6 is 0 Å². The lowest BCUT2D eigenvalue weighted by Gasteiger charge is -2.02. The highest BCUT2D eigenvalue weighted by atomic mass is 15.5. The summed E-state index contributed by atoms with van der Waals surface area (Å²) in [6.07, 6.45) is 7.52. The van der Waals surface area contributed by atoms with Gasteiger partial charge in [-0.1, -0.05) is 56.4 Å². The van der Waals surface area contributed by atoms with Crippen LogP contribution in [0.15, 0.2) is 29.3 Å². The van der Waals surface area contributed by atoms with E-state index >= 15 is 0 Å². The molecule has 108 valence electrons. The van der Waals surface area contributed by atoms with Gasteiger partial charge in [0.2, 0.25) is 5.96 Å². The number of nitrogens with zero attached hydrogens (tertiary/aromatic N) is 4. The molecule has 0 aliphatic heterocycles. The lowest BCUT2D eigenvalue weighted by atomic mass is 10.1. The van der Waals surface area contributed by atoms with Crippen molar-refractivity contribution in [1.29, 1.82) is 0 Å². The van der Waals surface area contributed by atoms with Gasteiger partial charge in [-0.05, 0) is 18.6 Å². The van der Waals surface area contributed by atoms with E-state index in [2.05, 4.69) is 22.2 Å². The number of rotatable bonds is 7. The van der Waals surface area contributed by atoms with E-state index in [0.29, 0.717) is 5.96 Å². The van der Waals surface area contributed by atoms with Crippen molar-refractivity contribution in [2.75, 3.05) is 6.54 Å². The molecule has 2 rings (SSSR count). The van der Waals surface area contributed by atoms with Crippen molar-refractivity contribution in [2.45, 2.75) is 45.4 Å². The molecular formula is C15H23N5. The third-order valence-electron chi connectivity index (χ3n) is 3.35. The highest BCUT2D eigenvalue weighted by Crippen LogP contribution is 2.09. The zero-order valence-corrected chi connectivity index (χ0v) is 12.1. The summed E-state index contributed by atoms with van der Waals surface area (Å²) in [6, 6.07) is 7.75. The van der Waals surface area contributed by atoms with E-state index in [1.807, 2.05) is 24.3 Å². The molecule has 0 aliphatic rings. The Balaban J connectivity index is 1.84. The Labute approximate surface area is 119 Å². The van der Waals surface area contributed by atoms with Crippen LogP contribution in [0.5, 0.6) is 0 Å². The molecule has 0 bridgehead atoms. The molecule has 20 heavy (non-hydrogen) atoms. The SMILES string of the molecule is CCCCCCCCN=C(N)n1nnc2ccccc21. The lowest BCUT2D eigenvalue weighted by Crippen LogP contribution is -2.24. The molecule has 0 atom stereocenters. The normalized spacial score (nSPS) is 12.2. The molecule has 1 aromatic carbocycles. The minimum Gasteiger partial charge on any atom is -0.368 e. The lowest BCUT2D eigenvalue weighted by molar-refractivity contribution is 0.611. The van der Waals surface area contributed by atoms with E-state index in [1.165, 1.54) is 32.1 Å². The average molecular weight is 273 g/mol. The standard InChI is InChI=1S/C15H23N5/c1-2-3-4-5-6-9-12-17-15(16)20-14-11-8-7-10-13(14)18-19-20/h7-8,10-11H,2-6,9,12H2,1H3,(H2,16,17). The molecule has 0 saturated carbocycles. The monoisotopic (exact) mass is 273 g/mol. The first-order valence-electron chi connectivity index (χ1n) is 7.43. The molecule has 0 saturated heterocycles. The summed E-state index contributed by atoms with van der Waals surface area (Å²) in [5, 5.41) is 8.12. The highest BCUT2D eigenvalue weighted by Gasteiger charge is 2.05. The fourth-order valence-electron chi connectivity index (χ4n) is 2.19. The van der Waals surface area contributed by atoms with Crippen molar-refractivity contribution in [2.24, 2.45) is 10.7 Å². The Morgan fingerprint density at radius 3 is 2.75 bits per heavy atom. The van der Waals surface area contributed by atoms with Crippen LogP contribution in [0, 0.1) is 0 Å². The molecule has 0 spiro atoms. The van der Waals surface area contributed by atoms with Crippen LogP contribution in [-0.4, -0.2) is 27.5 Å². The minimum absolute atomic E-state index is 0.423. The number of benzene rings is 1. The van der Waals surface area contributed by atoms with Crippen LogP contribution in [0.4, 0.5) is 0 Å². The Kier molecular flexibility index (Phi) is 5.53. The molecule has 0 aliphatic carbocycles. The fourth-order valence-corrected chi connectivity index (χ4v) is 2.19. The Morgan fingerprint density at radius 1 is 1.15 bits per heavy atom. The van der Waals surface area contributed by atoms with Crippen LogP contribution in [0.3, 0.4) is 0 Å². The molecule has 1 aromatic heterocycles. The van der Waals surface area contributed by atoms with Gasteiger partial charge in [0.15, 0.2) is 0 Å². The number of aliphatic imine (C=N–C) groups is 1. The first-order chi connectivity index (χ1) is 9.83. The topological polar surface area (TPSA) is 69.1 Å². The number of nitrogens with two attached hydrogens (primary N) is 1.